The van der Waals surface area contributed by atoms with E-state index in [2.05, 4.69) is 104 Å². The molecule has 20 rings (SSSR count). The molecule has 38 heteroatoms. The van der Waals surface area contributed by atoms with Gasteiger partial charge in [-0.2, -0.15) is 0 Å². The van der Waals surface area contributed by atoms with Gasteiger partial charge in [-0.15, -0.1) is 0 Å². The fourth-order valence-electron chi connectivity index (χ4n) is 17.0. The van der Waals surface area contributed by atoms with Crippen molar-refractivity contribution >= 4 is 137 Å². The predicted octanol–water partition coefficient (Wildman–Crippen LogP) is 18.0. The molecule has 0 unspecified atom stereocenters. The first-order valence-corrected chi connectivity index (χ1v) is 47.8. The average molecular weight is 2020 g/mol. The van der Waals surface area contributed by atoms with E-state index in [1.54, 1.807) is 42.9 Å². The number of methoxy groups -OCH3 is 6. The Bertz CT molecular complexity index is 7100. The molecular formula is C106H116Cl2F2N20O14. The zero-order chi connectivity index (χ0) is 116. The zero-order valence-electron chi connectivity index (χ0n) is 96.0. The van der Waals surface area contributed by atoms with Crippen LogP contribution in [0.4, 0.5) is 55.8 Å². The Morgan fingerprint density at radius 2 is 0.653 bits per heavy atom. The van der Waals surface area contributed by atoms with Crippen molar-refractivity contribution in [2.75, 3.05) is 164 Å². The fourth-order valence-corrected chi connectivity index (χ4v) is 17.5. The van der Waals surface area contributed by atoms with Crippen LogP contribution in [0.1, 0.15) is 102 Å². The number of allylic oxidation sites excluding steroid dienone is 4. The number of anilines is 8. The van der Waals surface area contributed by atoms with Crippen molar-refractivity contribution in [3.8, 4) is 79.5 Å². The first kappa shape index (κ1) is 80.4. The lowest BCUT2D eigenvalue weighted by Gasteiger charge is -2.19. The Morgan fingerprint density at radius 3 is 1.01 bits per heavy atom. The molecule has 752 valence electrons. The summed E-state index contributed by atoms with van der Waals surface area (Å²) in [5, 5.41) is 29.0. The van der Waals surface area contributed by atoms with Crippen molar-refractivity contribution < 1.29 is 100 Å². The first-order valence-electron chi connectivity index (χ1n) is 56.0. The molecule has 144 heavy (non-hydrogen) atoms. The highest BCUT2D eigenvalue weighted by molar-refractivity contribution is 6.35. The number of aromatic nitrogens is 12. The van der Waals surface area contributed by atoms with Gasteiger partial charge >= 0.3 is 0 Å². The normalized spacial score (nSPS) is 21.6. The van der Waals surface area contributed by atoms with Gasteiger partial charge in [0.25, 0.3) is 0 Å². The lowest BCUT2D eigenvalue weighted by atomic mass is 9.97. The summed E-state index contributed by atoms with van der Waals surface area (Å²) in [6.45, 7) is 20.3. The third-order valence-corrected chi connectivity index (χ3v) is 26.6. The molecular weight excluding hydrogens is 1890 g/mol. The summed E-state index contributed by atoms with van der Waals surface area (Å²) < 4.78 is 217. The lowest BCUT2D eigenvalue weighted by molar-refractivity contribution is -0.116. The van der Waals surface area contributed by atoms with E-state index in [9.17, 15) is 19.2 Å². The van der Waals surface area contributed by atoms with Gasteiger partial charge in [0, 0.05) is 156 Å². The molecule has 4 saturated carbocycles. The lowest BCUT2D eigenvalue weighted by Crippen LogP contribution is -2.30. The van der Waals surface area contributed by atoms with E-state index in [1.165, 1.54) is 79.7 Å². The number of pyridine rings is 4. The molecule has 8 atom stereocenters. The van der Waals surface area contributed by atoms with Gasteiger partial charge in [-0.05, 0) is 154 Å². The van der Waals surface area contributed by atoms with Gasteiger partial charge in [-0.3, -0.25) is 19.2 Å². The van der Waals surface area contributed by atoms with Gasteiger partial charge in [0.1, 0.15) is 45.1 Å². The Morgan fingerprint density at radius 1 is 0.361 bits per heavy atom. The molecule has 0 amide bonds. The van der Waals surface area contributed by atoms with Gasteiger partial charge in [0.05, 0.1) is 177 Å². The maximum atomic E-state index is 15.7. The second kappa shape index (κ2) is 47.0. The van der Waals surface area contributed by atoms with Crippen molar-refractivity contribution in [3.63, 3.8) is 0 Å². The Hall–Kier alpha value is -14.0. The van der Waals surface area contributed by atoms with E-state index in [0.717, 1.165) is 68.7 Å². The molecule has 0 bridgehead atoms. The van der Waals surface area contributed by atoms with Crippen molar-refractivity contribution in [1.29, 1.82) is 0 Å². The summed E-state index contributed by atoms with van der Waals surface area (Å²) in [6.07, 6.45) is 21.8. The SMILES string of the molecule is [2H]C([2H])([2H])Oc1cc(OC([2H])([2H])[2H])c(Cl)c(-c2cc3cnc(N[C@@H]4COC[C@@H]4CC(=O)C=C)nc3c(NCC3CC3)n2)c1.[2H]C([2H])([2H])Oc1cc(OC([2H])([2H])[2H])c(F)c(-c2cc3cnc(N[C@@H]4COC[C@@H]4CC(=O)C=C)nc3c(NCC3CC3)n2)c1.[2H]C([2H])([2H])Oc1cccc(-c2cc3cnc(N[C@@H]4COC[C@@H]4CC(=O)C=C)nc3c(NCC3CC3)n2)c1Cl.[2H]C([2H])([2H])Oc1cccc(-c2cc3cnc(N[C@@H]4COC[C@@H]4CC(=O)C=C)nc3c(NCC3CC3)n2)c1F. The Kier molecular flexibility index (Phi) is 26.2. The molecule has 8 aromatic heterocycles. The third kappa shape index (κ3) is 25.2. The average Bonchev–Trinajstić information content (AvgIpc) is 1.55. The quantitative estimate of drug-likeness (QED) is 0.0165. The van der Waals surface area contributed by atoms with Crippen molar-refractivity contribution in [3.05, 3.63) is 182 Å². The number of benzene rings is 4. The predicted molar refractivity (Wildman–Crippen MR) is 551 cm³/mol. The largest absolute Gasteiger partial charge is 0.497 e. The van der Waals surface area contributed by atoms with Crippen LogP contribution in [0.15, 0.2) is 160 Å². The van der Waals surface area contributed by atoms with Gasteiger partial charge < -0.3 is 89.9 Å². The van der Waals surface area contributed by atoms with Crippen LogP contribution in [-0.2, 0) is 38.1 Å². The summed E-state index contributed by atoms with van der Waals surface area (Å²) in [6, 6.07) is 19.7. The van der Waals surface area contributed by atoms with Crippen LogP contribution in [0, 0.1) is 59.0 Å². The van der Waals surface area contributed by atoms with Crippen LogP contribution in [0.25, 0.3) is 88.6 Å². The Labute approximate surface area is 867 Å². The van der Waals surface area contributed by atoms with Gasteiger partial charge in [0.15, 0.2) is 69.5 Å². The number of fused-ring (bicyclic) bond motifs is 4. The van der Waals surface area contributed by atoms with Crippen LogP contribution in [0.3, 0.4) is 0 Å². The van der Waals surface area contributed by atoms with Crippen LogP contribution in [-0.4, -0.2) is 228 Å². The summed E-state index contributed by atoms with van der Waals surface area (Å²) >= 11 is 13.2. The molecule has 4 aromatic carbocycles. The molecule has 0 radical (unpaired) electrons. The highest BCUT2D eigenvalue weighted by Gasteiger charge is 2.37. The van der Waals surface area contributed by atoms with Crippen molar-refractivity contribution in [2.45, 2.75) is 101 Å². The van der Waals surface area contributed by atoms with Gasteiger partial charge in [0.2, 0.25) is 23.8 Å². The molecule has 4 aliphatic heterocycles. The molecule has 4 saturated heterocycles. The molecule has 12 heterocycles. The van der Waals surface area contributed by atoms with E-state index >= 15 is 8.78 Å². The van der Waals surface area contributed by atoms with E-state index in [0.29, 0.717) is 217 Å². The third-order valence-electron chi connectivity index (χ3n) is 25.8. The molecule has 0 spiro atoms. The minimum Gasteiger partial charge on any atom is -0.497 e. The first-order chi connectivity index (χ1) is 76.9. The maximum absolute atomic E-state index is 15.7. The number of carbonyl (C=O) groups is 4. The smallest absolute Gasteiger partial charge is 0.223 e. The number of rotatable bonds is 42. The molecule has 4 aliphatic carbocycles. The topological polar surface area (TPSA) is 411 Å². The molecule has 8 aliphatic rings. The molecule has 34 nitrogen and oxygen atoms in total. The number of carbonyl (C=O) groups excluding carboxylic acids is 4. The number of nitrogens with one attached hydrogen (secondary N) is 8. The standard InChI is InChI=1S/C27H30ClN5O4.C27H30FN5O4.C26H28ClN5O3.C26H28FN5O3/c2*1-4-18(34)7-17-13-37-14-22(17)32-27-30-12-16-8-21(20-9-19(35-2)10-23(36-3)24(20)28)31-26(25(16)33-27)29-11-15-5-6-15;2*1-3-18(33)9-17-13-35-14-21(17)31-26-29-12-16-10-20(19-5-4-6-22(34-2)23(19)27)30-25(24(16)32-26)28-11-15-7-8-15/h2*4,8-10,12,15,17,22H,1,5-7,11,13-14H2,2-3H3,(H,29,31)(H,30,32,33);2*3-6,10,12,15,17,21H,1,7-9,11,13-14H2,2H3,(H,28,30)(H,29,31,32)/t2*17-,22+;2*17-,21+/m0000/s1/i2*2D3,3D3;2*2D3. The number of hydrogen-bond donors (Lipinski definition) is 8. The summed E-state index contributed by atoms with van der Waals surface area (Å²) in [7, 11) is -17.0. The van der Waals surface area contributed by atoms with Crippen molar-refractivity contribution in [1.82, 2.24) is 59.8 Å². The molecule has 8 fully saturated rings. The van der Waals surface area contributed by atoms with Crippen LogP contribution in [0.5, 0.6) is 34.5 Å². The number of ketones is 4. The highest BCUT2D eigenvalue weighted by atomic mass is 35.5. The minimum absolute atomic E-state index is 0.000652. The molecule has 12 aromatic rings. The number of nitrogens with zero attached hydrogens (tertiary/aromatic N) is 12. The van der Waals surface area contributed by atoms with E-state index in [-0.39, 0.29) is 145 Å². The van der Waals surface area contributed by atoms with E-state index in [1.807, 2.05) is 6.07 Å². The van der Waals surface area contributed by atoms with Crippen LogP contribution in [0.2, 0.25) is 10.0 Å². The van der Waals surface area contributed by atoms with Gasteiger partial charge in [-0.25, -0.2) is 68.6 Å². The van der Waals surface area contributed by atoms with Crippen LogP contribution >= 0.6 is 23.2 Å². The highest BCUT2D eigenvalue weighted by Crippen LogP contribution is 2.45. The van der Waals surface area contributed by atoms with Gasteiger partial charge in [-0.1, -0.05) is 67.7 Å². The van der Waals surface area contributed by atoms with Crippen molar-refractivity contribution in [2.24, 2.45) is 47.3 Å². The molecule has 8 N–H and O–H groups in total. The number of hydrogen-bond acceptors (Lipinski definition) is 34. The minimum atomic E-state index is -3.01. The van der Waals surface area contributed by atoms with E-state index < -0.39 is 59.6 Å². The summed E-state index contributed by atoms with van der Waals surface area (Å²) in [4.78, 5) is 103. The Balaban J connectivity index is 0.000000145. The monoisotopic (exact) mass is 2020 g/mol. The maximum Gasteiger partial charge on any atom is 0.223 e. The van der Waals surface area contributed by atoms with Crippen LogP contribution < -0.4 is 71.0 Å². The fraction of sp³-hybridized carbons (Fsp3) is 0.396. The second-order valence-corrected chi connectivity index (χ2v) is 37.1. The number of ether oxygens (including phenoxy) is 10. The van der Waals surface area contributed by atoms with E-state index in [4.69, 9.17) is 120 Å². The zero-order valence-corrected chi connectivity index (χ0v) is 79.5. The summed E-state index contributed by atoms with van der Waals surface area (Å²) in [5.74, 6) is 1.19. The summed E-state index contributed by atoms with van der Waals surface area (Å²) in [5.41, 5.74) is 3.90. The second-order valence-electron chi connectivity index (χ2n) is 36.4. The number of halogens is 4.